The van der Waals surface area contributed by atoms with Gasteiger partial charge in [-0.05, 0) is 17.2 Å². The summed E-state index contributed by atoms with van der Waals surface area (Å²) in [6.07, 6.45) is 1.81. The Bertz CT molecular complexity index is 724. The molecular formula is C17H21IN4O. The van der Waals surface area contributed by atoms with Crippen LogP contribution in [0.5, 0.6) is 0 Å². The highest BCUT2D eigenvalue weighted by molar-refractivity contribution is 14.0. The van der Waals surface area contributed by atoms with E-state index in [-0.39, 0.29) is 29.5 Å². The molecule has 0 amide bonds. The van der Waals surface area contributed by atoms with Crippen LogP contribution >= 0.6 is 24.0 Å². The molecule has 0 atom stereocenters. The number of rotatable bonds is 4. The molecule has 2 heterocycles. The lowest BCUT2D eigenvalue weighted by atomic mass is 10.1. The quantitative estimate of drug-likeness (QED) is 0.764. The number of guanidine groups is 1. The van der Waals surface area contributed by atoms with E-state index < -0.39 is 0 Å². The second-order valence-corrected chi connectivity index (χ2v) is 5.46. The Kier molecular flexibility index (Phi) is 6.20. The largest absolute Gasteiger partial charge is 0.352 e. The number of hydrogen-bond donors (Lipinski definition) is 1. The summed E-state index contributed by atoms with van der Waals surface area (Å²) < 4.78 is 1.70. The maximum atomic E-state index is 11.7. The molecule has 3 rings (SSSR count). The zero-order chi connectivity index (χ0) is 15.4. The number of nitrogens with one attached hydrogen (secondary N) is 1. The molecule has 1 aromatic heterocycles. The first-order valence-electron chi connectivity index (χ1n) is 7.45. The number of likely N-dealkylation sites (N-methyl/N-ethyl adjacent to an activating group) is 1. The van der Waals surface area contributed by atoms with E-state index in [4.69, 9.17) is 0 Å². The smallest absolute Gasteiger partial charge is 0.250 e. The fraction of sp³-hybridized carbons (Fsp3) is 0.294. The van der Waals surface area contributed by atoms with Crippen LogP contribution in [0.2, 0.25) is 0 Å². The number of pyridine rings is 1. The Labute approximate surface area is 153 Å². The molecule has 2 aromatic rings. The van der Waals surface area contributed by atoms with E-state index in [2.05, 4.69) is 39.5 Å². The zero-order valence-electron chi connectivity index (χ0n) is 13.1. The highest BCUT2D eigenvalue weighted by atomic mass is 127. The van der Waals surface area contributed by atoms with Gasteiger partial charge < -0.3 is 14.8 Å². The summed E-state index contributed by atoms with van der Waals surface area (Å²) in [6, 6.07) is 13.5. The molecule has 23 heavy (non-hydrogen) atoms. The summed E-state index contributed by atoms with van der Waals surface area (Å²) in [6.45, 7) is 3.20. The average Bonchev–Trinajstić information content (AvgIpc) is 2.94. The number of halogens is 1. The summed E-state index contributed by atoms with van der Waals surface area (Å²) in [5.74, 6) is 0.958. The van der Waals surface area contributed by atoms with Crippen molar-refractivity contribution >= 4 is 29.9 Å². The fourth-order valence-corrected chi connectivity index (χ4v) is 2.45. The van der Waals surface area contributed by atoms with Gasteiger partial charge in [-0.3, -0.25) is 9.79 Å². The molecule has 6 heteroatoms. The molecule has 5 nitrogen and oxygen atoms in total. The molecule has 1 aromatic carbocycles. The van der Waals surface area contributed by atoms with Crippen molar-refractivity contribution in [3.63, 3.8) is 0 Å². The molecule has 1 N–H and O–H groups in total. The maximum Gasteiger partial charge on any atom is 0.250 e. The first-order valence-corrected chi connectivity index (χ1v) is 7.45. The van der Waals surface area contributed by atoms with Crippen molar-refractivity contribution in [1.82, 2.24) is 14.8 Å². The van der Waals surface area contributed by atoms with Crippen LogP contribution in [0.3, 0.4) is 0 Å². The number of nitrogens with zero attached hydrogens (tertiary/aromatic N) is 3. The molecule has 0 radical (unpaired) electrons. The molecule has 0 saturated heterocycles. The zero-order valence-corrected chi connectivity index (χ0v) is 15.4. The Hall–Kier alpha value is -1.83. The van der Waals surface area contributed by atoms with Crippen LogP contribution in [0, 0.1) is 0 Å². The highest BCUT2D eigenvalue weighted by Crippen LogP contribution is 2.06. The molecule has 1 aliphatic rings. The van der Waals surface area contributed by atoms with Crippen molar-refractivity contribution in [2.45, 2.75) is 13.1 Å². The Morgan fingerprint density at radius 1 is 1.13 bits per heavy atom. The third-order valence-corrected chi connectivity index (χ3v) is 3.78. The van der Waals surface area contributed by atoms with Crippen molar-refractivity contribution < 1.29 is 0 Å². The third-order valence-electron chi connectivity index (χ3n) is 3.78. The van der Waals surface area contributed by atoms with Crippen molar-refractivity contribution in [3.8, 4) is 0 Å². The minimum atomic E-state index is 0. The summed E-state index contributed by atoms with van der Waals surface area (Å²) in [5.41, 5.74) is 2.34. The van der Waals surface area contributed by atoms with Gasteiger partial charge in [0.25, 0.3) is 5.56 Å². The number of hydrogen-bond acceptors (Lipinski definition) is 4. The molecule has 0 saturated carbocycles. The summed E-state index contributed by atoms with van der Waals surface area (Å²) in [7, 11) is 2.04. The monoisotopic (exact) mass is 424 g/mol. The Morgan fingerprint density at radius 3 is 2.52 bits per heavy atom. The molecule has 0 unspecified atom stereocenters. The number of benzene rings is 1. The van der Waals surface area contributed by atoms with Gasteiger partial charge in [0.1, 0.15) is 0 Å². The van der Waals surface area contributed by atoms with Crippen LogP contribution in [0.15, 0.2) is 58.4 Å². The predicted molar refractivity (Wildman–Crippen MR) is 103 cm³/mol. The lowest BCUT2D eigenvalue weighted by Crippen LogP contribution is -2.35. The SMILES string of the molecule is CN1CCN=C1NCc1ccc(Cn2ccccc2=O)cc1.I. The van der Waals surface area contributed by atoms with Gasteiger partial charge in [0.05, 0.1) is 13.1 Å². The van der Waals surface area contributed by atoms with Crippen molar-refractivity contribution in [2.75, 3.05) is 20.1 Å². The van der Waals surface area contributed by atoms with Gasteiger partial charge in [-0.1, -0.05) is 30.3 Å². The van der Waals surface area contributed by atoms with E-state index in [1.807, 2.05) is 19.3 Å². The minimum Gasteiger partial charge on any atom is -0.352 e. The van der Waals surface area contributed by atoms with Crippen LogP contribution in [0.1, 0.15) is 11.1 Å². The second-order valence-electron chi connectivity index (χ2n) is 5.46. The predicted octanol–water partition coefficient (Wildman–Crippen LogP) is 1.91. The average molecular weight is 424 g/mol. The van der Waals surface area contributed by atoms with Crippen LogP contribution < -0.4 is 10.9 Å². The molecule has 0 bridgehead atoms. The van der Waals surface area contributed by atoms with Crippen molar-refractivity contribution in [2.24, 2.45) is 4.99 Å². The Balaban J connectivity index is 0.00000192. The molecule has 122 valence electrons. The molecule has 0 fully saturated rings. The van der Waals surface area contributed by atoms with Gasteiger partial charge in [0.15, 0.2) is 5.96 Å². The molecule has 0 spiro atoms. The molecule has 0 aliphatic carbocycles. The third kappa shape index (κ3) is 4.57. The first kappa shape index (κ1) is 17.5. The van der Waals surface area contributed by atoms with Crippen LogP contribution in [-0.4, -0.2) is 35.6 Å². The topological polar surface area (TPSA) is 49.6 Å². The normalized spacial score (nSPS) is 13.4. The molecule has 1 aliphatic heterocycles. The number of aromatic nitrogens is 1. The molecular weight excluding hydrogens is 403 g/mol. The van der Waals surface area contributed by atoms with Gasteiger partial charge in [-0.25, -0.2) is 0 Å². The van der Waals surface area contributed by atoms with Crippen molar-refractivity contribution in [1.29, 1.82) is 0 Å². The number of aliphatic imine (C=N–C) groups is 1. The van der Waals surface area contributed by atoms with E-state index in [0.717, 1.165) is 31.2 Å². The van der Waals surface area contributed by atoms with Gasteiger partial charge in [-0.15, -0.1) is 24.0 Å². The van der Waals surface area contributed by atoms with Crippen LogP contribution in [-0.2, 0) is 13.1 Å². The maximum absolute atomic E-state index is 11.7. The lowest BCUT2D eigenvalue weighted by Gasteiger charge is -2.15. The lowest BCUT2D eigenvalue weighted by molar-refractivity contribution is 0.534. The minimum absolute atomic E-state index is 0. The highest BCUT2D eigenvalue weighted by Gasteiger charge is 2.11. The van der Waals surface area contributed by atoms with Gasteiger partial charge in [0.2, 0.25) is 0 Å². The van der Waals surface area contributed by atoms with E-state index >= 15 is 0 Å². The second kappa shape index (κ2) is 8.14. The standard InChI is InChI=1S/C17H20N4O.HI/c1-20-11-9-18-17(20)19-12-14-5-7-15(8-6-14)13-21-10-3-2-4-16(21)22;/h2-8,10H,9,11-13H2,1H3,(H,18,19);1H. The van der Waals surface area contributed by atoms with E-state index in [9.17, 15) is 4.79 Å². The van der Waals surface area contributed by atoms with E-state index in [0.29, 0.717) is 6.54 Å². The van der Waals surface area contributed by atoms with Crippen LogP contribution in [0.4, 0.5) is 0 Å². The Morgan fingerprint density at radius 2 is 1.87 bits per heavy atom. The van der Waals surface area contributed by atoms with Gasteiger partial charge >= 0.3 is 0 Å². The fourth-order valence-electron chi connectivity index (χ4n) is 2.45. The van der Waals surface area contributed by atoms with E-state index in [1.54, 1.807) is 16.7 Å². The summed E-state index contributed by atoms with van der Waals surface area (Å²) >= 11 is 0. The van der Waals surface area contributed by atoms with Gasteiger partial charge in [-0.2, -0.15) is 0 Å². The summed E-state index contributed by atoms with van der Waals surface area (Å²) in [4.78, 5) is 18.2. The summed E-state index contributed by atoms with van der Waals surface area (Å²) in [5, 5.41) is 3.35. The van der Waals surface area contributed by atoms with E-state index in [1.165, 1.54) is 5.56 Å². The first-order chi connectivity index (χ1) is 10.7. The van der Waals surface area contributed by atoms with Gasteiger partial charge in [0, 0.05) is 32.4 Å². The van der Waals surface area contributed by atoms with Crippen LogP contribution in [0.25, 0.3) is 0 Å². The van der Waals surface area contributed by atoms with Crippen molar-refractivity contribution in [3.05, 3.63) is 70.1 Å².